The van der Waals surface area contributed by atoms with Gasteiger partial charge in [-0.1, -0.05) is 35.0 Å². The molecule has 0 spiro atoms. The number of ether oxygens (including phenoxy) is 2. The van der Waals surface area contributed by atoms with Crippen LogP contribution < -0.4 is 9.47 Å². The number of benzene rings is 2. The Hall–Kier alpha value is -3.87. The highest BCUT2D eigenvalue weighted by molar-refractivity contribution is 6.07. The van der Waals surface area contributed by atoms with Gasteiger partial charge in [0.05, 0.1) is 36.6 Å². The number of hydrogen-bond donors (Lipinski definition) is 0. The Labute approximate surface area is 191 Å². The number of carbonyl (C=O) groups excluding carboxylic acids is 1. The molecular weight excluding hydrogens is 418 g/mol. The van der Waals surface area contributed by atoms with Gasteiger partial charge in [0.2, 0.25) is 0 Å². The summed E-state index contributed by atoms with van der Waals surface area (Å²) in [5, 5.41) is 4.73. The molecule has 2 aromatic carbocycles. The van der Waals surface area contributed by atoms with E-state index in [-0.39, 0.29) is 5.91 Å². The summed E-state index contributed by atoms with van der Waals surface area (Å²) < 4.78 is 16.4. The van der Waals surface area contributed by atoms with E-state index in [1.165, 1.54) is 0 Å². The second-order valence-corrected chi connectivity index (χ2v) is 8.32. The van der Waals surface area contributed by atoms with Crippen molar-refractivity contribution in [1.82, 2.24) is 15.0 Å². The second kappa shape index (κ2) is 8.24. The van der Waals surface area contributed by atoms with E-state index in [0.29, 0.717) is 52.6 Å². The van der Waals surface area contributed by atoms with E-state index < -0.39 is 0 Å². The zero-order valence-electron chi connectivity index (χ0n) is 19.1. The van der Waals surface area contributed by atoms with Crippen molar-refractivity contribution in [3.63, 3.8) is 0 Å². The third kappa shape index (κ3) is 3.69. The average molecular weight is 444 g/mol. The molecule has 0 N–H and O–H groups in total. The van der Waals surface area contributed by atoms with Crippen molar-refractivity contribution in [1.29, 1.82) is 0 Å². The third-order valence-corrected chi connectivity index (χ3v) is 6.20. The maximum absolute atomic E-state index is 13.8. The monoisotopic (exact) mass is 443 g/mol. The average Bonchev–Trinajstić information content (AvgIpc) is 3.22. The Bertz CT molecular complexity index is 1360. The highest BCUT2D eigenvalue weighted by Crippen LogP contribution is 2.34. The fraction of sp³-hybridized carbons (Fsp3) is 0.269. The van der Waals surface area contributed by atoms with E-state index in [0.717, 1.165) is 28.7 Å². The first kappa shape index (κ1) is 21.0. The highest BCUT2D eigenvalue weighted by Gasteiger charge is 2.27. The molecule has 1 amide bonds. The SMILES string of the molecule is COc1cc2c(cc1OC)CN(C(=O)c1cc(-c3ccc(C)cc3)nc3onc(C)c13)CC2. The number of amides is 1. The Morgan fingerprint density at radius 2 is 1.70 bits per heavy atom. The molecule has 1 aliphatic rings. The van der Waals surface area contributed by atoms with Crippen LogP contribution in [0.25, 0.3) is 22.4 Å². The van der Waals surface area contributed by atoms with Crippen molar-refractivity contribution in [2.24, 2.45) is 0 Å². The van der Waals surface area contributed by atoms with Crippen LogP contribution in [-0.4, -0.2) is 41.7 Å². The number of aromatic nitrogens is 2. The fourth-order valence-electron chi connectivity index (χ4n) is 4.36. The van der Waals surface area contributed by atoms with Gasteiger partial charge in [-0.2, -0.15) is 0 Å². The predicted molar refractivity (Wildman–Crippen MR) is 125 cm³/mol. The first-order chi connectivity index (χ1) is 16.0. The van der Waals surface area contributed by atoms with Crippen molar-refractivity contribution in [2.45, 2.75) is 26.8 Å². The summed E-state index contributed by atoms with van der Waals surface area (Å²) in [5.74, 6) is 1.30. The first-order valence-corrected chi connectivity index (χ1v) is 10.9. The minimum atomic E-state index is -0.0671. The molecule has 2 aromatic heterocycles. The van der Waals surface area contributed by atoms with Gasteiger partial charge in [0, 0.05) is 18.7 Å². The van der Waals surface area contributed by atoms with Crippen molar-refractivity contribution in [2.75, 3.05) is 20.8 Å². The zero-order chi connectivity index (χ0) is 23.1. The molecule has 7 heteroatoms. The smallest absolute Gasteiger partial charge is 0.259 e. The molecule has 33 heavy (non-hydrogen) atoms. The van der Waals surface area contributed by atoms with E-state index in [2.05, 4.69) is 10.1 Å². The van der Waals surface area contributed by atoms with Gasteiger partial charge in [-0.25, -0.2) is 4.98 Å². The van der Waals surface area contributed by atoms with Gasteiger partial charge in [-0.15, -0.1) is 0 Å². The van der Waals surface area contributed by atoms with Crippen LogP contribution in [0.2, 0.25) is 0 Å². The number of fused-ring (bicyclic) bond motifs is 2. The van der Waals surface area contributed by atoms with Crippen molar-refractivity contribution in [3.05, 3.63) is 70.4 Å². The Morgan fingerprint density at radius 1 is 1.00 bits per heavy atom. The molecule has 7 nitrogen and oxygen atoms in total. The standard InChI is InChI=1S/C26H25N3O4/c1-15-5-7-17(8-6-15)21-13-20(24-16(2)28-33-25(24)27-21)26(30)29-10-9-18-11-22(31-3)23(32-4)12-19(18)14-29/h5-8,11-13H,9-10,14H2,1-4H3. The molecule has 0 saturated carbocycles. The normalized spacial score (nSPS) is 13.2. The van der Waals surface area contributed by atoms with E-state index in [4.69, 9.17) is 14.0 Å². The van der Waals surface area contributed by atoms with Crippen LogP contribution in [0, 0.1) is 13.8 Å². The molecule has 0 aliphatic carbocycles. The molecule has 1 aliphatic heterocycles. The molecule has 3 heterocycles. The quantitative estimate of drug-likeness (QED) is 0.454. The second-order valence-electron chi connectivity index (χ2n) is 8.32. The summed E-state index contributed by atoms with van der Waals surface area (Å²) in [6, 6.07) is 13.9. The van der Waals surface area contributed by atoms with E-state index in [1.54, 1.807) is 14.2 Å². The van der Waals surface area contributed by atoms with Crippen LogP contribution in [0.1, 0.15) is 32.7 Å². The van der Waals surface area contributed by atoms with Crippen LogP contribution in [0.3, 0.4) is 0 Å². The minimum absolute atomic E-state index is 0.0671. The summed E-state index contributed by atoms with van der Waals surface area (Å²) in [5.41, 5.74) is 6.57. The lowest BCUT2D eigenvalue weighted by Gasteiger charge is -2.30. The highest BCUT2D eigenvalue weighted by atomic mass is 16.5. The van der Waals surface area contributed by atoms with Crippen LogP contribution in [0.15, 0.2) is 47.0 Å². The van der Waals surface area contributed by atoms with Gasteiger partial charge >= 0.3 is 0 Å². The summed E-state index contributed by atoms with van der Waals surface area (Å²) in [6.45, 7) is 4.96. The summed E-state index contributed by atoms with van der Waals surface area (Å²) in [6.07, 6.45) is 0.739. The van der Waals surface area contributed by atoms with Crippen molar-refractivity contribution < 1.29 is 18.8 Å². The van der Waals surface area contributed by atoms with Crippen LogP contribution >= 0.6 is 0 Å². The first-order valence-electron chi connectivity index (χ1n) is 10.9. The van der Waals surface area contributed by atoms with E-state index >= 15 is 0 Å². The van der Waals surface area contributed by atoms with Crippen LogP contribution in [0.4, 0.5) is 0 Å². The van der Waals surface area contributed by atoms with Gasteiger partial charge in [0.15, 0.2) is 11.5 Å². The molecule has 0 saturated heterocycles. The topological polar surface area (TPSA) is 77.7 Å². The van der Waals surface area contributed by atoms with Gasteiger partial charge in [-0.3, -0.25) is 4.79 Å². The van der Waals surface area contributed by atoms with Crippen molar-refractivity contribution in [3.8, 4) is 22.8 Å². The Kier molecular flexibility index (Phi) is 5.24. The maximum atomic E-state index is 13.8. The van der Waals surface area contributed by atoms with Crippen LogP contribution in [0.5, 0.6) is 11.5 Å². The Morgan fingerprint density at radius 3 is 2.39 bits per heavy atom. The lowest BCUT2D eigenvalue weighted by atomic mass is 9.97. The Balaban J connectivity index is 1.54. The number of aryl methyl sites for hydroxylation is 2. The number of rotatable bonds is 4. The molecule has 4 aromatic rings. The lowest BCUT2D eigenvalue weighted by molar-refractivity contribution is 0.0736. The molecule has 168 valence electrons. The predicted octanol–water partition coefficient (Wildman–Crippen LogP) is 4.72. The van der Waals surface area contributed by atoms with Gasteiger partial charge in [-0.05, 0) is 49.6 Å². The number of pyridine rings is 1. The molecule has 5 rings (SSSR count). The summed E-state index contributed by atoms with van der Waals surface area (Å²) >= 11 is 0. The molecule has 0 unspecified atom stereocenters. The largest absolute Gasteiger partial charge is 0.493 e. The van der Waals surface area contributed by atoms with Gasteiger partial charge in [0.1, 0.15) is 0 Å². The summed E-state index contributed by atoms with van der Waals surface area (Å²) in [7, 11) is 3.25. The van der Waals surface area contributed by atoms with Gasteiger partial charge < -0.3 is 18.9 Å². The maximum Gasteiger partial charge on any atom is 0.259 e. The molecule has 0 atom stereocenters. The van der Waals surface area contributed by atoms with Crippen molar-refractivity contribution >= 4 is 17.0 Å². The fourth-order valence-corrected chi connectivity index (χ4v) is 4.36. The van der Waals surface area contributed by atoms with Crippen LogP contribution in [-0.2, 0) is 13.0 Å². The van der Waals surface area contributed by atoms with E-state index in [1.807, 2.05) is 61.2 Å². The molecule has 0 fully saturated rings. The number of carbonyl (C=O) groups is 1. The zero-order valence-corrected chi connectivity index (χ0v) is 19.1. The number of nitrogens with zero attached hydrogens (tertiary/aromatic N) is 3. The molecule has 0 radical (unpaired) electrons. The third-order valence-electron chi connectivity index (χ3n) is 6.20. The molecule has 0 bridgehead atoms. The minimum Gasteiger partial charge on any atom is -0.493 e. The number of methoxy groups -OCH3 is 2. The molecular formula is C26H25N3O4. The van der Waals surface area contributed by atoms with Gasteiger partial charge in [0.25, 0.3) is 11.6 Å². The number of hydrogen-bond acceptors (Lipinski definition) is 6. The summed E-state index contributed by atoms with van der Waals surface area (Å²) in [4.78, 5) is 20.2. The lowest BCUT2D eigenvalue weighted by Crippen LogP contribution is -2.36. The van der Waals surface area contributed by atoms with E-state index in [9.17, 15) is 4.79 Å².